The molecular formula is C22H24N4O2S2. The second kappa shape index (κ2) is 8.65. The summed E-state index contributed by atoms with van der Waals surface area (Å²) in [5.74, 6) is -0.0843. The van der Waals surface area contributed by atoms with Gasteiger partial charge in [0.1, 0.15) is 4.88 Å². The van der Waals surface area contributed by atoms with Gasteiger partial charge < -0.3 is 10.2 Å². The van der Waals surface area contributed by atoms with Crippen molar-refractivity contribution >= 4 is 34.7 Å². The lowest BCUT2D eigenvalue weighted by molar-refractivity contribution is -0.129. The van der Waals surface area contributed by atoms with Crippen molar-refractivity contribution in [1.29, 1.82) is 0 Å². The van der Waals surface area contributed by atoms with Crippen molar-refractivity contribution in [2.45, 2.75) is 26.2 Å². The Balaban J connectivity index is 1.54. The Labute approximate surface area is 184 Å². The summed E-state index contributed by atoms with van der Waals surface area (Å²) in [5.41, 5.74) is 2.38. The first kappa shape index (κ1) is 20.7. The molecule has 1 N–H and O–H groups in total. The molecule has 1 aliphatic rings. The van der Waals surface area contributed by atoms with E-state index in [4.69, 9.17) is 0 Å². The van der Waals surface area contributed by atoms with Crippen LogP contribution < -0.4 is 5.32 Å². The second-order valence-corrected chi connectivity index (χ2v) is 9.29. The molecule has 8 heteroatoms. The van der Waals surface area contributed by atoms with Crippen LogP contribution in [0.2, 0.25) is 0 Å². The summed E-state index contributed by atoms with van der Waals surface area (Å²) in [4.78, 5) is 29.5. The fourth-order valence-corrected chi connectivity index (χ4v) is 5.54. The van der Waals surface area contributed by atoms with Crippen molar-refractivity contribution in [2.24, 2.45) is 5.41 Å². The molecule has 0 bridgehead atoms. The Kier molecular flexibility index (Phi) is 5.97. The van der Waals surface area contributed by atoms with Crippen LogP contribution in [0.1, 0.15) is 34.3 Å². The summed E-state index contributed by atoms with van der Waals surface area (Å²) in [7, 11) is 1.66. The van der Waals surface area contributed by atoms with E-state index in [0.29, 0.717) is 37.2 Å². The van der Waals surface area contributed by atoms with Crippen LogP contribution in [-0.2, 0) is 17.6 Å². The molecule has 156 valence electrons. The number of thiophene rings is 1. The minimum atomic E-state index is -0.626. The van der Waals surface area contributed by atoms with Crippen LogP contribution in [0.25, 0.3) is 10.4 Å². The molecule has 1 saturated heterocycles. The minimum Gasteiger partial charge on any atom is -0.359 e. The van der Waals surface area contributed by atoms with Gasteiger partial charge in [-0.05, 0) is 53.4 Å². The van der Waals surface area contributed by atoms with E-state index in [1.807, 2.05) is 13.0 Å². The number of benzene rings is 1. The summed E-state index contributed by atoms with van der Waals surface area (Å²) in [6, 6.07) is 12.5. The van der Waals surface area contributed by atoms with E-state index in [1.54, 1.807) is 23.3 Å². The van der Waals surface area contributed by atoms with Gasteiger partial charge in [0, 0.05) is 25.0 Å². The maximum Gasteiger partial charge on any atom is 0.267 e. The largest absolute Gasteiger partial charge is 0.359 e. The number of carbonyl (C=O) groups excluding carboxylic acids is 2. The molecule has 3 aromatic rings. The highest BCUT2D eigenvalue weighted by atomic mass is 32.1. The highest BCUT2D eigenvalue weighted by Gasteiger charge is 2.46. The van der Waals surface area contributed by atoms with E-state index in [9.17, 15) is 9.59 Å². The number of aryl methyl sites for hydroxylation is 1. The van der Waals surface area contributed by atoms with E-state index >= 15 is 0 Å². The molecular weight excluding hydrogens is 416 g/mol. The summed E-state index contributed by atoms with van der Waals surface area (Å²) < 4.78 is 3.94. The summed E-state index contributed by atoms with van der Waals surface area (Å²) >= 11 is 2.85. The maximum atomic E-state index is 13.0. The van der Waals surface area contributed by atoms with E-state index in [1.165, 1.54) is 10.4 Å². The minimum absolute atomic E-state index is 0.0155. The fraction of sp³-hybridized carbons (Fsp3) is 0.364. The molecule has 1 unspecified atom stereocenters. The van der Waals surface area contributed by atoms with Crippen molar-refractivity contribution in [3.8, 4) is 10.4 Å². The quantitative estimate of drug-likeness (QED) is 0.635. The smallest absolute Gasteiger partial charge is 0.267 e. The highest BCUT2D eigenvalue weighted by molar-refractivity contribution is 7.13. The van der Waals surface area contributed by atoms with E-state index in [0.717, 1.165) is 22.8 Å². The molecule has 1 aliphatic heterocycles. The van der Waals surface area contributed by atoms with Crippen LogP contribution in [0, 0.1) is 5.41 Å². The van der Waals surface area contributed by atoms with Crippen LogP contribution in [0.4, 0.5) is 0 Å². The van der Waals surface area contributed by atoms with Crippen molar-refractivity contribution in [3.05, 3.63) is 57.9 Å². The summed E-state index contributed by atoms with van der Waals surface area (Å²) in [6.45, 7) is 2.92. The van der Waals surface area contributed by atoms with Crippen molar-refractivity contribution < 1.29 is 9.59 Å². The van der Waals surface area contributed by atoms with Crippen LogP contribution in [-0.4, -0.2) is 46.4 Å². The standard InChI is InChI=1S/C22H24N4O2S2/c1-3-17-19(30-25-24-17)20(27)26-11-10-22(14-26,21(28)23-2)13-15-6-8-16(9-7-15)18-5-4-12-29-18/h4-9,12H,3,10-11,13-14H2,1-2H3,(H,23,28). The Morgan fingerprint density at radius 1 is 1.23 bits per heavy atom. The Hall–Kier alpha value is -2.58. The van der Waals surface area contributed by atoms with Gasteiger partial charge in [-0.3, -0.25) is 9.59 Å². The van der Waals surface area contributed by atoms with E-state index in [-0.39, 0.29) is 11.8 Å². The first-order valence-corrected chi connectivity index (χ1v) is 11.7. The Morgan fingerprint density at radius 2 is 2.03 bits per heavy atom. The lowest BCUT2D eigenvalue weighted by Gasteiger charge is -2.27. The molecule has 4 rings (SSSR count). The number of aromatic nitrogens is 2. The zero-order valence-electron chi connectivity index (χ0n) is 17.1. The van der Waals surface area contributed by atoms with Gasteiger partial charge in [0.15, 0.2) is 0 Å². The zero-order chi connectivity index (χ0) is 21.1. The molecule has 0 saturated carbocycles. The average molecular weight is 441 g/mol. The molecule has 2 aromatic heterocycles. The van der Waals surface area contributed by atoms with Gasteiger partial charge in [0.05, 0.1) is 11.1 Å². The van der Waals surface area contributed by atoms with E-state index < -0.39 is 5.41 Å². The van der Waals surface area contributed by atoms with Crippen LogP contribution in [0.5, 0.6) is 0 Å². The van der Waals surface area contributed by atoms with Gasteiger partial charge >= 0.3 is 0 Å². The fourth-order valence-electron chi connectivity index (χ4n) is 4.09. The number of hydrogen-bond donors (Lipinski definition) is 1. The lowest BCUT2D eigenvalue weighted by Crippen LogP contribution is -2.44. The van der Waals surface area contributed by atoms with Crippen molar-refractivity contribution in [1.82, 2.24) is 19.8 Å². The third-order valence-corrected chi connectivity index (χ3v) is 7.41. The van der Waals surface area contributed by atoms with Gasteiger partial charge in [-0.2, -0.15) is 0 Å². The highest BCUT2D eigenvalue weighted by Crippen LogP contribution is 2.36. The molecule has 3 heterocycles. The van der Waals surface area contributed by atoms with Crippen LogP contribution in [0.3, 0.4) is 0 Å². The molecule has 0 spiro atoms. The topological polar surface area (TPSA) is 75.2 Å². The molecule has 1 atom stereocenters. The SMILES string of the molecule is CCc1nnsc1C(=O)N1CCC(Cc2ccc(-c3cccs3)cc2)(C(=O)NC)C1. The van der Waals surface area contributed by atoms with Crippen molar-refractivity contribution in [3.63, 3.8) is 0 Å². The third kappa shape index (κ3) is 3.89. The maximum absolute atomic E-state index is 13.0. The number of nitrogens with one attached hydrogen (secondary N) is 1. The number of nitrogens with zero attached hydrogens (tertiary/aromatic N) is 3. The number of rotatable bonds is 6. The molecule has 1 fully saturated rings. The predicted octanol–water partition coefficient (Wildman–Crippen LogP) is 3.65. The first-order chi connectivity index (χ1) is 14.6. The third-order valence-electron chi connectivity index (χ3n) is 5.74. The van der Waals surface area contributed by atoms with Gasteiger partial charge in [-0.1, -0.05) is 41.7 Å². The Morgan fingerprint density at radius 3 is 2.70 bits per heavy atom. The predicted molar refractivity (Wildman–Crippen MR) is 120 cm³/mol. The lowest BCUT2D eigenvalue weighted by atomic mass is 9.79. The number of hydrogen-bond acceptors (Lipinski definition) is 6. The molecule has 6 nitrogen and oxygen atoms in total. The van der Waals surface area contributed by atoms with E-state index in [2.05, 4.69) is 50.6 Å². The first-order valence-electron chi connectivity index (χ1n) is 10.0. The molecule has 0 radical (unpaired) electrons. The monoisotopic (exact) mass is 440 g/mol. The average Bonchev–Trinajstić information content (AvgIpc) is 3.54. The number of likely N-dealkylation sites (tertiary alicyclic amines) is 1. The summed E-state index contributed by atoms with van der Waals surface area (Å²) in [5, 5.41) is 8.94. The Bertz CT molecular complexity index is 1030. The normalized spacial score (nSPS) is 18.5. The number of amides is 2. The molecule has 30 heavy (non-hydrogen) atoms. The van der Waals surface area contributed by atoms with Crippen LogP contribution in [0.15, 0.2) is 41.8 Å². The van der Waals surface area contributed by atoms with Gasteiger partial charge in [0.25, 0.3) is 5.91 Å². The molecule has 1 aromatic carbocycles. The molecule has 2 amide bonds. The second-order valence-electron chi connectivity index (χ2n) is 7.59. The van der Waals surface area contributed by atoms with Gasteiger partial charge in [0.2, 0.25) is 5.91 Å². The number of carbonyl (C=O) groups is 2. The van der Waals surface area contributed by atoms with Gasteiger partial charge in [-0.25, -0.2) is 0 Å². The molecule has 0 aliphatic carbocycles. The van der Waals surface area contributed by atoms with Gasteiger partial charge in [-0.15, -0.1) is 16.4 Å². The van der Waals surface area contributed by atoms with Crippen LogP contribution >= 0.6 is 22.9 Å². The van der Waals surface area contributed by atoms with Crippen molar-refractivity contribution in [2.75, 3.05) is 20.1 Å². The summed E-state index contributed by atoms with van der Waals surface area (Å²) in [6.07, 6.45) is 1.91. The zero-order valence-corrected chi connectivity index (χ0v) is 18.7.